The predicted octanol–water partition coefficient (Wildman–Crippen LogP) is 5.05. The van der Waals surface area contributed by atoms with E-state index in [9.17, 15) is 4.39 Å². The Balaban J connectivity index is 2.28. The molecule has 0 heterocycles. The summed E-state index contributed by atoms with van der Waals surface area (Å²) in [6.07, 6.45) is 0.676. The lowest BCUT2D eigenvalue weighted by molar-refractivity contribution is 0.584. The van der Waals surface area contributed by atoms with Crippen molar-refractivity contribution in [2.45, 2.75) is 19.4 Å². The minimum atomic E-state index is -0.237. The number of hydrogen-bond acceptors (Lipinski definition) is 1. The van der Waals surface area contributed by atoms with Gasteiger partial charge in [0.25, 0.3) is 0 Å². The van der Waals surface area contributed by atoms with E-state index < -0.39 is 0 Å². The minimum absolute atomic E-state index is 0.0526. The first kappa shape index (κ1) is 15.5. The fraction of sp³-hybridized carbons (Fsp3) is 0.250. The zero-order valence-electron chi connectivity index (χ0n) is 11.4. The second-order valence-electron chi connectivity index (χ2n) is 4.85. The lowest BCUT2D eigenvalue weighted by atomic mass is 9.98. The van der Waals surface area contributed by atoms with Crippen molar-refractivity contribution in [2.24, 2.45) is 0 Å². The van der Waals surface area contributed by atoms with Crippen LogP contribution in [0.1, 0.15) is 22.7 Å². The maximum absolute atomic E-state index is 13.4. The summed E-state index contributed by atoms with van der Waals surface area (Å²) < 4.78 is 14.2. The first-order chi connectivity index (χ1) is 9.49. The number of likely N-dealkylation sites (N-methyl/N-ethyl adjacent to an activating group) is 1. The SMILES string of the molecule is CNC(Cc1cc(F)cc(Br)c1)c1ccc(C)cc1Cl. The van der Waals surface area contributed by atoms with Crippen molar-refractivity contribution in [1.82, 2.24) is 5.32 Å². The Kier molecular flexibility index (Phi) is 5.19. The van der Waals surface area contributed by atoms with E-state index in [1.807, 2.05) is 38.2 Å². The van der Waals surface area contributed by atoms with Gasteiger partial charge in [-0.2, -0.15) is 0 Å². The number of nitrogens with one attached hydrogen (secondary N) is 1. The van der Waals surface area contributed by atoms with Crippen LogP contribution in [0.25, 0.3) is 0 Å². The smallest absolute Gasteiger partial charge is 0.124 e. The van der Waals surface area contributed by atoms with Gasteiger partial charge in [0, 0.05) is 15.5 Å². The lowest BCUT2D eigenvalue weighted by Crippen LogP contribution is -2.19. The van der Waals surface area contributed by atoms with Crippen LogP contribution >= 0.6 is 27.5 Å². The molecule has 20 heavy (non-hydrogen) atoms. The highest BCUT2D eigenvalue weighted by Crippen LogP contribution is 2.27. The monoisotopic (exact) mass is 355 g/mol. The normalized spacial score (nSPS) is 12.4. The Labute approximate surface area is 132 Å². The summed E-state index contributed by atoms with van der Waals surface area (Å²) in [7, 11) is 1.88. The molecule has 2 rings (SSSR count). The molecule has 1 atom stereocenters. The van der Waals surface area contributed by atoms with Gasteiger partial charge in [-0.15, -0.1) is 0 Å². The van der Waals surface area contributed by atoms with E-state index in [2.05, 4.69) is 21.2 Å². The molecule has 0 aliphatic carbocycles. The second-order valence-corrected chi connectivity index (χ2v) is 6.17. The van der Waals surface area contributed by atoms with E-state index in [0.717, 1.165) is 26.2 Å². The van der Waals surface area contributed by atoms with Gasteiger partial charge in [0.05, 0.1) is 0 Å². The highest BCUT2D eigenvalue weighted by atomic mass is 79.9. The summed E-state index contributed by atoms with van der Waals surface area (Å²) in [6, 6.07) is 11.0. The van der Waals surface area contributed by atoms with Crippen molar-refractivity contribution < 1.29 is 4.39 Å². The highest BCUT2D eigenvalue weighted by Gasteiger charge is 2.14. The van der Waals surface area contributed by atoms with Crippen molar-refractivity contribution in [3.8, 4) is 0 Å². The molecule has 0 saturated carbocycles. The third kappa shape index (κ3) is 3.81. The Morgan fingerprint density at radius 3 is 2.60 bits per heavy atom. The highest BCUT2D eigenvalue weighted by molar-refractivity contribution is 9.10. The molecule has 4 heteroatoms. The van der Waals surface area contributed by atoms with Gasteiger partial charge >= 0.3 is 0 Å². The first-order valence-electron chi connectivity index (χ1n) is 6.38. The van der Waals surface area contributed by atoms with E-state index >= 15 is 0 Å². The van der Waals surface area contributed by atoms with Crippen LogP contribution in [0.4, 0.5) is 4.39 Å². The van der Waals surface area contributed by atoms with E-state index in [1.54, 1.807) is 6.07 Å². The van der Waals surface area contributed by atoms with E-state index in [-0.39, 0.29) is 11.9 Å². The van der Waals surface area contributed by atoms with Crippen molar-refractivity contribution in [3.63, 3.8) is 0 Å². The van der Waals surface area contributed by atoms with Crippen LogP contribution in [0.3, 0.4) is 0 Å². The third-order valence-corrected chi connectivity index (χ3v) is 4.03. The third-order valence-electron chi connectivity index (χ3n) is 3.24. The zero-order valence-corrected chi connectivity index (χ0v) is 13.7. The van der Waals surface area contributed by atoms with Crippen LogP contribution in [0.15, 0.2) is 40.9 Å². The second kappa shape index (κ2) is 6.70. The minimum Gasteiger partial charge on any atom is -0.313 e. The average Bonchev–Trinajstić information content (AvgIpc) is 2.35. The summed E-state index contributed by atoms with van der Waals surface area (Å²) in [5.41, 5.74) is 3.08. The molecule has 106 valence electrons. The van der Waals surface area contributed by atoms with Crippen molar-refractivity contribution in [2.75, 3.05) is 7.05 Å². The molecular weight excluding hydrogens is 341 g/mol. The molecule has 1 N–H and O–H groups in total. The number of rotatable bonds is 4. The number of benzene rings is 2. The summed E-state index contributed by atoms with van der Waals surface area (Å²) in [4.78, 5) is 0. The van der Waals surface area contributed by atoms with Crippen molar-refractivity contribution in [3.05, 3.63) is 68.4 Å². The topological polar surface area (TPSA) is 12.0 Å². The van der Waals surface area contributed by atoms with Gasteiger partial charge in [0.1, 0.15) is 5.82 Å². The maximum atomic E-state index is 13.4. The Morgan fingerprint density at radius 2 is 2.00 bits per heavy atom. The molecule has 2 aromatic carbocycles. The molecule has 0 fully saturated rings. The van der Waals surface area contributed by atoms with Gasteiger partial charge in [0.2, 0.25) is 0 Å². The molecule has 0 saturated heterocycles. The van der Waals surface area contributed by atoms with E-state index in [4.69, 9.17) is 11.6 Å². The van der Waals surface area contributed by atoms with Gasteiger partial charge in [-0.05, 0) is 61.3 Å². The first-order valence-corrected chi connectivity index (χ1v) is 7.55. The van der Waals surface area contributed by atoms with Crippen LogP contribution < -0.4 is 5.32 Å². The number of hydrogen-bond donors (Lipinski definition) is 1. The molecule has 1 unspecified atom stereocenters. The van der Waals surface area contributed by atoms with E-state index in [1.165, 1.54) is 6.07 Å². The average molecular weight is 357 g/mol. The van der Waals surface area contributed by atoms with Gasteiger partial charge in [-0.3, -0.25) is 0 Å². The zero-order chi connectivity index (χ0) is 14.7. The maximum Gasteiger partial charge on any atom is 0.124 e. The van der Waals surface area contributed by atoms with Gasteiger partial charge in [0.15, 0.2) is 0 Å². The molecular formula is C16H16BrClFN. The van der Waals surface area contributed by atoms with Gasteiger partial charge in [-0.25, -0.2) is 4.39 Å². The van der Waals surface area contributed by atoms with Crippen LogP contribution in [0, 0.1) is 12.7 Å². The van der Waals surface area contributed by atoms with E-state index in [0.29, 0.717) is 6.42 Å². The van der Waals surface area contributed by atoms with Crippen LogP contribution in [-0.4, -0.2) is 7.05 Å². The van der Waals surface area contributed by atoms with Crippen molar-refractivity contribution in [1.29, 1.82) is 0 Å². The summed E-state index contributed by atoms with van der Waals surface area (Å²) in [6.45, 7) is 2.01. The lowest BCUT2D eigenvalue weighted by Gasteiger charge is -2.19. The molecule has 2 aromatic rings. The molecule has 0 aliphatic rings. The Morgan fingerprint density at radius 1 is 1.25 bits per heavy atom. The quantitative estimate of drug-likeness (QED) is 0.808. The largest absolute Gasteiger partial charge is 0.313 e. The van der Waals surface area contributed by atoms with Crippen LogP contribution in [0.2, 0.25) is 5.02 Å². The molecule has 0 aromatic heterocycles. The fourth-order valence-electron chi connectivity index (χ4n) is 2.25. The fourth-order valence-corrected chi connectivity index (χ4v) is 3.13. The van der Waals surface area contributed by atoms with Gasteiger partial charge < -0.3 is 5.32 Å². The summed E-state index contributed by atoms with van der Waals surface area (Å²) in [5.74, 6) is -0.237. The summed E-state index contributed by atoms with van der Waals surface area (Å²) in [5, 5.41) is 3.98. The van der Waals surface area contributed by atoms with Crippen LogP contribution in [0.5, 0.6) is 0 Å². The van der Waals surface area contributed by atoms with Crippen LogP contribution in [-0.2, 0) is 6.42 Å². The number of aryl methyl sites for hydroxylation is 1. The molecule has 0 aliphatic heterocycles. The number of halogens is 3. The standard InChI is InChI=1S/C16H16BrClFN/c1-10-3-4-14(15(18)5-10)16(20-2)8-11-6-12(17)9-13(19)7-11/h3-7,9,16,20H,8H2,1-2H3. The molecule has 1 nitrogen and oxygen atoms in total. The predicted molar refractivity (Wildman–Crippen MR) is 85.8 cm³/mol. The summed E-state index contributed by atoms with van der Waals surface area (Å²) >= 11 is 9.63. The molecule has 0 amide bonds. The molecule has 0 radical (unpaired) electrons. The van der Waals surface area contributed by atoms with Gasteiger partial charge in [-0.1, -0.05) is 39.7 Å². The molecule has 0 spiro atoms. The Bertz CT molecular complexity index is 595. The Hall–Kier alpha value is -0.900. The van der Waals surface area contributed by atoms with Crippen molar-refractivity contribution >= 4 is 27.5 Å². The molecule has 0 bridgehead atoms.